The highest BCUT2D eigenvalue weighted by Crippen LogP contribution is 2.67. The monoisotopic (exact) mass is 1040 g/mol. The van der Waals surface area contributed by atoms with Crippen LogP contribution in [0.25, 0.3) is 50.1 Å². The van der Waals surface area contributed by atoms with E-state index in [0.29, 0.717) is 0 Å². The first-order valence-electron chi connectivity index (χ1n) is 28.5. The molecule has 81 heavy (non-hydrogen) atoms. The molecule has 11 aromatic rings. The average molecular weight is 1040 g/mol. The highest BCUT2D eigenvalue weighted by Gasteiger charge is 2.59. The van der Waals surface area contributed by atoms with Gasteiger partial charge in [0.1, 0.15) is 0 Å². The number of hydrogen-bond donors (Lipinski definition) is 0. The SMILES string of the molecule is C=C/C(C)=C(\C=C/C)c1ccc(C)cc1C.Cc1ccc(-c2ccccc2)cc1.Cc1ccc(-c2ccccc2)cc1.Cc1cccc2c1C1(c3ccccc3-c3ccccc31)c1ccccc1C21c2ccccc2-c2ccccc21. The third-order valence-corrected chi connectivity index (χ3v) is 16.7. The zero-order chi connectivity index (χ0) is 56.1. The summed E-state index contributed by atoms with van der Waals surface area (Å²) in [5, 5.41) is 0. The number of rotatable bonds is 5. The molecule has 11 aromatic carbocycles. The molecular weight excluding hydrogens is 973 g/mol. The summed E-state index contributed by atoms with van der Waals surface area (Å²) >= 11 is 0. The van der Waals surface area contributed by atoms with Crippen molar-refractivity contribution in [1.82, 2.24) is 0 Å². The number of fused-ring (bicyclic) bond motifs is 16. The van der Waals surface area contributed by atoms with Crippen LogP contribution in [0.5, 0.6) is 0 Å². The minimum Gasteiger partial charge on any atom is -0.0988 e. The van der Waals surface area contributed by atoms with Crippen LogP contribution in [0.2, 0.25) is 0 Å². The largest absolute Gasteiger partial charge is 0.0988 e. The van der Waals surface area contributed by atoms with Crippen LogP contribution in [-0.2, 0) is 10.8 Å². The molecule has 0 amide bonds. The van der Waals surface area contributed by atoms with Gasteiger partial charge < -0.3 is 0 Å². The Bertz CT molecular complexity index is 3940. The molecule has 0 radical (unpaired) electrons. The summed E-state index contributed by atoms with van der Waals surface area (Å²) in [5.41, 5.74) is 31.3. The van der Waals surface area contributed by atoms with Crippen molar-refractivity contribution in [3.8, 4) is 44.5 Å². The lowest BCUT2D eigenvalue weighted by atomic mass is 9.51. The minimum absolute atomic E-state index is 0.372. The predicted octanol–water partition coefficient (Wildman–Crippen LogP) is 21.2. The Balaban J connectivity index is 0.000000135. The van der Waals surface area contributed by atoms with Gasteiger partial charge in [-0.05, 0) is 165 Å². The summed E-state index contributed by atoms with van der Waals surface area (Å²) in [6.45, 7) is 18.8. The van der Waals surface area contributed by atoms with Gasteiger partial charge in [0.05, 0.1) is 10.8 Å². The van der Waals surface area contributed by atoms with Gasteiger partial charge in [-0.1, -0.05) is 308 Å². The molecule has 0 aromatic heterocycles. The lowest BCUT2D eigenvalue weighted by Crippen LogP contribution is -2.44. The third-order valence-electron chi connectivity index (χ3n) is 16.7. The lowest BCUT2D eigenvalue weighted by Gasteiger charge is -2.49. The molecule has 0 bridgehead atoms. The van der Waals surface area contributed by atoms with Gasteiger partial charge in [-0.15, -0.1) is 0 Å². The molecule has 0 atom stereocenters. The molecule has 0 fully saturated rings. The highest BCUT2D eigenvalue weighted by atomic mass is 14.6. The molecule has 3 aliphatic carbocycles. The molecule has 0 heteroatoms. The molecule has 0 heterocycles. The fourth-order valence-corrected chi connectivity index (χ4v) is 13.1. The smallest absolute Gasteiger partial charge is 0.0722 e. The molecular formula is C81H70. The van der Waals surface area contributed by atoms with E-state index >= 15 is 0 Å². The van der Waals surface area contributed by atoms with E-state index in [1.807, 2.05) is 25.1 Å². The fraction of sp³-hybridized carbons (Fsp3) is 0.111. The van der Waals surface area contributed by atoms with Crippen LogP contribution in [-0.4, -0.2) is 0 Å². The summed E-state index contributed by atoms with van der Waals surface area (Å²) in [6.07, 6.45) is 6.13. The average Bonchev–Trinajstić information content (AvgIpc) is 2.18. The van der Waals surface area contributed by atoms with Crippen LogP contribution in [0.3, 0.4) is 0 Å². The maximum atomic E-state index is 3.84. The molecule has 0 nitrogen and oxygen atoms in total. The highest BCUT2D eigenvalue weighted by molar-refractivity contribution is 5.94. The normalized spacial score (nSPS) is 13.3. The Morgan fingerprint density at radius 2 is 0.691 bits per heavy atom. The molecule has 0 aliphatic heterocycles. The minimum atomic E-state index is -0.373. The van der Waals surface area contributed by atoms with E-state index in [1.54, 1.807) is 0 Å². The second-order valence-corrected chi connectivity index (χ2v) is 21.8. The van der Waals surface area contributed by atoms with Crippen molar-refractivity contribution < 1.29 is 0 Å². The van der Waals surface area contributed by atoms with Crippen LogP contribution in [0.4, 0.5) is 0 Å². The summed E-state index contributed by atoms with van der Waals surface area (Å²) in [7, 11) is 0. The molecule has 0 saturated heterocycles. The van der Waals surface area contributed by atoms with E-state index < -0.39 is 0 Å². The van der Waals surface area contributed by atoms with Crippen LogP contribution in [0.15, 0.2) is 297 Å². The van der Waals surface area contributed by atoms with Gasteiger partial charge >= 0.3 is 0 Å². The predicted molar refractivity (Wildman–Crippen MR) is 346 cm³/mol. The second-order valence-electron chi connectivity index (χ2n) is 21.8. The Morgan fingerprint density at radius 3 is 1.11 bits per heavy atom. The first kappa shape index (κ1) is 53.6. The van der Waals surface area contributed by atoms with Gasteiger partial charge in [0.15, 0.2) is 0 Å². The molecule has 14 rings (SSSR count). The van der Waals surface area contributed by atoms with E-state index in [2.05, 4.69) is 315 Å². The van der Waals surface area contributed by atoms with Crippen molar-refractivity contribution >= 4 is 5.57 Å². The Morgan fingerprint density at radius 1 is 0.333 bits per heavy atom. The van der Waals surface area contributed by atoms with Crippen molar-refractivity contribution in [2.45, 2.75) is 59.3 Å². The van der Waals surface area contributed by atoms with Crippen LogP contribution in [0, 0.1) is 34.6 Å². The first-order valence-corrected chi connectivity index (χ1v) is 28.5. The number of hydrogen-bond acceptors (Lipinski definition) is 0. The Labute approximate surface area is 481 Å². The zero-order valence-corrected chi connectivity index (χ0v) is 47.8. The van der Waals surface area contributed by atoms with Gasteiger partial charge in [0.25, 0.3) is 0 Å². The van der Waals surface area contributed by atoms with Crippen molar-refractivity contribution in [3.63, 3.8) is 0 Å². The van der Waals surface area contributed by atoms with Gasteiger partial charge in [-0.2, -0.15) is 0 Å². The molecule has 0 N–H and O–H groups in total. The van der Waals surface area contributed by atoms with E-state index in [-0.39, 0.29) is 10.8 Å². The van der Waals surface area contributed by atoms with Crippen molar-refractivity contribution in [3.05, 3.63) is 375 Å². The molecule has 2 spiro atoms. The maximum Gasteiger partial charge on any atom is 0.0722 e. The van der Waals surface area contributed by atoms with E-state index in [1.165, 1.54) is 134 Å². The van der Waals surface area contributed by atoms with Crippen LogP contribution >= 0.6 is 0 Å². The standard InChI is InChI=1S/C39H26.C16H20.2C13H12/c1-25-13-12-24-36-37(25)39(32-20-8-4-16-28(32)29-17-5-9-21-33(29)39)35-23-11-10-22-34(35)38(36)30-18-6-2-14-26(30)27-15-3-7-19-31(27)38;1-6-8-15(13(4)7-2)16-10-9-12(3)11-14(16)5;2*1-11-7-9-13(10-8-11)12-5-3-2-4-6-12/h2-24H,1H3;6-11H,2H2,1,3-5H3;2*2-10H,1H3/b;8-6-,15-13+;;. The van der Waals surface area contributed by atoms with Crippen LogP contribution < -0.4 is 0 Å². The molecule has 0 saturated carbocycles. The van der Waals surface area contributed by atoms with E-state index in [9.17, 15) is 0 Å². The molecule has 3 aliphatic rings. The fourth-order valence-electron chi connectivity index (χ4n) is 13.1. The molecule has 0 unspecified atom stereocenters. The molecule has 394 valence electrons. The number of allylic oxidation sites excluding steroid dienone is 5. The number of aryl methyl sites for hydroxylation is 5. The Hall–Kier alpha value is -9.36. The Kier molecular flexibility index (Phi) is 15.3. The summed E-state index contributed by atoms with van der Waals surface area (Å²) < 4.78 is 0. The van der Waals surface area contributed by atoms with E-state index in [0.717, 1.165) is 0 Å². The summed E-state index contributed by atoms with van der Waals surface area (Å²) in [5.74, 6) is 0. The number of benzene rings is 11. The zero-order valence-electron chi connectivity index (χ0n) is 47.8. The van der Waals surface area contributed by atoms with Crippen molar-refractivity contribution in [2.24, 2.45) is 0 Å². The quantitative estimate of drug-likeness (QED) is 0.151. The van der Waals surface area contributed by atoms with Crippen LogP contribution in [0.1, 0.15) is 91.7 Å². The lowest BCUT2D eigenvalue weighted by molar-refractivity contribution is 0.629. The maximum absolute atomic E-state index is 3.84. The van der Waals surface area contributed by atoms with E-state index in [4.69, 9.17) is 0 Å². The van der Waals surface area contributed by atoms with Crippen molar-refractivity contribution in [1.29, 1.82) is 0 Å². The summed E-state index contributed by atoms with van der Waals surface area (Å²) in [4.78, 5) is 0. The van der Waals surface area contributed by atoms with Gasteiger partial charge in [-0.3, -0.25) is 0 Å². The second kappa shape index (κ2) is 23.2. The van der Waals surface area contributed by atoms with Gasteiger partial charge in [0.2, 0.25) is 0 Å². The topological polar surface area (TPSA) is 0 Å². The third kappa shape index (κ3) is 9.66. The van der Waals surface area contributed by atoms with Gasteiger partial charge in [-0.25, -0.2) is 0 Å². The van der Waals surface area contributed by atoms with Gasteiger partial charge in [0, 0.05) is 0 Å². The summed E-state index contributed by atoms with van der Waals surface area (Å²) in [6, 6.07) is 97.3. The first-order chi connectivity index (χ1) is 39.6. The van der Waals surface area contributed by atoms with Crippen molar-refractivity contribution in [2.75, 3.05) is 0 Å².